The van der Waals surface area contributed by atoms with Gasteiger partial charge in [-0.15, -0.1) is 0 Å². The maximum absolute atomic E-state index is 13.8. The number of carbonyl (C=O) groups is 1. The van der Waals surface area contributed by atoms with Crippen LogP contribution in [0.5, 0.6) is 0 Å². The molecule has 0 aromatic heterocycles. The van der Waals surface area contributed by atoms with Gasteiger partial charge < -0.3 is 29.1 Å². The minimum Gasteiger partial charge on any atom is -0.755 e. The number of nitrogens with one attached hydrogen (secondary N) is 2. The first kappa shape index (κ1) is 26.4. The fourth-order valence-electron chi connectivity index (χ4n) is 3.98. The smallest absolute Gasteiger partial charge is 0.348 e. The van der Waals surface area contributed by atoms with E-state index in [1.807, 2.05) is 6.92 Å². The van der Waals surface area contributed by atoms with Crippen molar-refractivity contribution >= 4 is 47.2 Å². The molecule has 2 aliphatic rings. The van der Waals surface area contributed by atoms with E-state index in [9.17, 15) is 23.2 Å². The Kier molecular flexibility index (Phi) is 7.34. The van der Waals surface area contributed by atoms with Crippen molar-refractivity contribution in [2.75, 3.05) is 23.2 Å². The molecule has 3 unspecified atom stereocenters. The molecule has 3 N–H and O–H groups in total. The van der Waals surface area contributed by atoms with Crippen molar-refractivity contribution in [3.8, 4) is 0 Å². The first-order chi connectivity index (χ1) is 15.8. The van der Waals surface area contributed by atoms with Gasteiger partial charge in [0, 0.05) is 23.5 Å². The normalized spacial score (nSPS) is 25.7. The lowest BCUT2D eigenvalue weighted by atomic mass is 9.90. The summed E-state index contributed by atoms with van der Waals surface area (Å²) >= 11 is -2.56. The zero-order valence-corrected chi connectivity index (χ0v) is 22.0. The zero-order valence-electron chi connectivity index (χ0n) is 20.3. The molecule has 1 aromatic rings. The molecular weight excluding hydrogens is 479 g/mol. The van der Waals surface area contributed by atoms with E-state index in [-0.39, 0.29) is 40.2 Å². The molecule has 0 bridgehead atoms. The van der Waals surface area contributed by atoms with E-state index >= 15 is 0 Å². The third-order valence-electron chi connectivity index (χ3n) is 6.10. The average Bonchev–Trinajstić information content (AvgIpc) is 2.91. The van der Waals surface area contributed by atoms with Crippen LogP contribution < -0.4 is 15.3 Å². The third-order valence-corrected chi connectivity index (χ3v) is 8.56. The maximum Gasteiger partial charge on any atom is 0.348 e. The number of fused-ring (bicyclic) bond motifs is 1. The van der Waals surface area contributed by atoms with Gasteiger partial charge in [0.15, 0.2) is 5.84 Å². The standard InChI is InChI=1S/C22H33N4O6PS/c1-7-22(6)18(27)17(20(28)26(22)12-11-21(3,4)5)19-23-15-10-9-14(25-34(30)31)13-16(15)33(29,24-19)32-8-2/h9-10,13,25,27H,7-8,11-12H2,1-6H3,(H,30,31)(H,23,24,29)/p-1. The molecule has 34 heavy (non-hydrogen) atoms. The van der Waals surface area contributed by atoms with E-state index in [0.29, 0.717) is 18.7 Å². The number of benzene rings is 1. The van der Waals surface area contributed by atoms with Gasteiger partial charge in [-0.2, -0.15) is 4.76 Å². The van der Waals surface area contributed by atoms with Gasteiger partial charge in [0.2, 0.25) is 0 Å². The van der Waals surface area contributed by atoms with Crippen LogP contribution in [0.3, 0.4) is 0 Å². The molecule has 0 spiro atoms. The second-order valence-corrected chi connectivity index (χ2v) is 12.4. The van der Waals surface area contributed by atoms with Crippen LogP contribution >= 0.6 is 7.52 Å². The molecule has 0 saturated carbocycles. The summed E-state index contributed by atoms with van der Waals surface area (Å²) in [6.07, 6.45) is 1.21. The van der Waals surface area contributed by atoms with Gasteiger partial charge in [-0.05, 0) is 50.3 Å². The fourth-order valence-corrected chi connectivity index (χ4v) is 6.10. The van der Waals surface area contributed by atoms with Crippen molar-refractivity contribution in [1.29, 1.82) is 0 Å². The Morgan fingerprint density at radius 3 is 2.59 bits per heavy atom. The average molecular weight is 512 g/mol. The molecule has 0 aliphatic carbocycles. The minimum atomic E-state index is -3.88. The van der Waals surface area contributed by atoms with Gasteiger partial charge in [-0.25, -0.2) is 0 Å². The molecule has 12 heteroatoms. The molecule has 10 nitrogen and oxygen atoms in total. The topological polar surface area (TPSA) is 143 Å². The van der Waals surface area contributed by atoms with Crippen molar-refractivity contribution in [3.63, 3.8) is 0 Å². The van der Waals surface area contributed by atoms with Gasteiger partial charge in [-0.1, -0.05) is 27.7 Å². The molecule has 2 heterocycles. The Balaban J connectivity index is 2.08. The molecule has 0 fully saturated rings. The van der Waals surface area contributed by atoms with Crippen molar-refractivity contribution in [1.82, 2.24) is 4.90 Å². The lowest BCUT2D eigenvalue weighted by molar-refractivity contribution is -0.129. The number of carbonyl (C=O) groups excluding carboxylic acids is 1. The largest absolute Gasteiger partial charge is 0.755 e. The number of anilines is 2. The van der Waals surface area contributed by atoms with Crippen LogP contribution in [-0.2, 0) is 25.1 Å². The lowest BCUT2D eigenvalue weighted by Crippen LogP contribution is -2.47. The van der Waals surface area contributed by atoms with Crippen LogP contribution in [0, 0.1) is 5.41 Å². The second kappa shape index (κ2) is 9.45. The third kappa shape index (κ3) is 4.93. The van der Waals surface area contributed by atoms with Gasteiger partial charge in [0.25, 0.3) is 5.91 Å². The van der Waals surface area contributed by atoms with Crippen LogP contribution in [-0.4, -0.2) is 49.2 Å². The van der Waals surface area contributed by atoms with Gasteiger partial charge in [-0.3, -0.25) is 13.6 Å². The lowest BCUT2D eigenvalue weighted by Gasteiger charge is -2.36. The first-order valence-electron chi connectivity index (χ1n) is 11.1. The number of amides is 1. The summed E-state index contributed by atoms with van der Waals surface area (Å²) in [4.78, 5) is 15.2. The van der Waals surface area contributed by atoms with E-state index < -0.39 is 30.2 Å². The Morgan fingerprint density at radius 1 is 1.35 bits per heavy atom. The Labute approximate surface area is 202 Å². The Bertz CT molecular complexity index is 1130. The SMILES string of the molecule is CCOP1(=O)N=C(C2=C(O)C(C)(CC)N(CCC(C)(C)C)C2=O)Nc2ccc(NS(=O)[O-])cc21. The highest BCUT2D eigenvalue weighted by Crippen LogP contribution is 2.53. The quantitative estimate of drug-likeness (QED) is 0.355. The second-order valence-electron chi connectivity index (χ2n) is 9.70. The molecule has 2 aliphatic heterocycles. The van der Waals surface area contributed by atoms with E-state index in [0.717, 1.165) is 6.42 Å². The molecule has 1 amide bonds. The fraction of sp³-hybridized carbons (Fsp3) is 0.545. The molecule has 188 valence electrons. The number of nitrogens with zero attached hydrogens (tertiary/aromatic N) is 2. The minimum absolute atomic E-state index is 0.0168. The predicted molar refractivity (Wildman–Crippen MR) is 133 cm³/mol. The predicted octanol–water partition coefficient (Wildman–Crippen LogP) is 3.83. The number of hydrogen-bond donors (Lipinski definition) is 3. The highest BCUT2D eigenvalue weighted by Gasteiger charge is 2.50. The molecule has 0 radical (unpaired) electrons. The summed E-state index contributed by atoms with van der Waals surface area (Å²) in [6.45, 7) is 12.1. The van der Waals surface area contributed by atoms with Crippen LogP contribution in [0.4, 0.5) is 11.4 Å². The van der Waals surface area contributed by atoms with Crippen LogP contribution in [0.15, 0.2) is 34.3 Å². The summed E-state index contributed by atoms with van der Waals surface area (Å²) in [7, 11) is -3.88. The van der Waals surface area contributed by atoms with Gasteiger partial charge in [0.1, 0.15) is 11.3 Å². The summed E-state index contributed by atoms with van der Waals surface area (Å²) in [5, 5.41) is 14.4. The van der Waals surface area contributed by atoms with E-state index in [2.05, 4.69) is 35.6 Å². The number of rotatable bonds is 8. The molecule has 0 saturated heterocycles. The molecule has 1 aromatic carbocycles. The summed E-state index contributed by atoms with van der Waals surface area (Å²) in [5.74, 6) is -0.562. The van der Waals surface area contributed by atoms with Crippen LogP contribution in [0.25, 0.3) is 0 Å². The van der Waals surface area contributed by atoms with Crippen LogP contribution in [0.2, 0.25) is 0 Å². The molecular formula is C22H32N4O6PS-. The van der Waals surface area contributed by atoms with Gasteiger partial charge >= 0.3 is 7.52 Å². The number of amidine groups is 1. The van der Waals surface area contributed by atoms with E-state index in [1.54, 1.807) is 18.7 Å². The highest BCUT2D eigenvalue weighted by molar-refractivity contribution is 7.80. The van der Waals surface area contributed by atoms with Gasteiger partial charge in [0.05, 0.1) is 23.1 Å². The molecule has 3 atom stereocenters. The number of aliphatic hydroxyl groups is 1. The number of aliphatic hydroxyl groups excluding tert-OH is 1. The van der Waals surface area contributed by atoms with E-state index in [1.165, 1.54) is 18.2 Å². The molecule has 3 rings (SSSR count). The van der Waals surface area contributed by atoms with Crippen LogP contribution in [0.1, 0.15) is 54.4 Å². The Hall–Kier alpha value is -2.20. The zero-order chi connectivity index (χ0) is 25.5. The first-order valence-corrected chi connectivity index (χ1v) is 13.8. The highest BCUT2D eigenvalue weighted by atomic mass is 32.2. The summed E-state index contributed by atoms with van der Waals surface area (Å²) in [5.41, 5.74) is -0.436. The Morgan fingerprint density at radius 2 is 2.03 bits per heavy atom. The summed E-state index contributed by atoms with van der Waals surface area (Å²) < 4.78 is 47.9. The maximum atomic E-state index is 13.8. The van der Waals surface area contributed by atoms with Crippen molar-refractivity contribution in [2.45, 2.75) is 59.9 Å². The van der Waals surface area contributed by atoms with Crippen molar-refractivity contribution < 1.29 is 27.8 Å². The summed E-state index contributed by atoms with van der Waals surface area (Å²) in [6, 6.07) is 4.39. The van der Waals surface area contributed by atoms with Crippen molar-refractivity contribution in [3.05, 3.63) is 29.5 Å². The van der Waals surface area contributed by atoms with Crippen molar-refractivity contribution in [2.24, 2.45) is 10.2 Å². The van der Waals surface area contributed by atoms with E-state index in [4.69, 9.17) is 4.52 Å². The number of hydrogen-bond acceptors (Lipinski definition) is 7. The monoisotopic (exact) mass is 511 g/mol.